The van der Waals surface area contributed by atoms with Crippen LogP contribution in [-0.4, -0.2) is 53.4 Å². The third-order valence-electron chi connectivity index (χ3n) is 7.02. The fourth-order valence-electron chi connectivity index (χ4n) is 5.10. The first-order chi connectivity index (χ1) is 17.8. The van der Waals surface area contributed by atoms with Crippen LogP contribution < -0.4 is 19.5 Å². The van der Waals surface area contributed by atoms with Crippen molar-refractivity contribution < 1.29 is 23.8 Å². The number of hydrogen-bond donors (Lipinski definition) is 2. The summed E-state index contributed by atoms with van der Waals surface area (Å²) in [4.78, 5) is 35.5. The summed E-state index contributed by atoms with van der Waals surface area (Å²) in [6.45, 7) is 1.84. The van der Waals surface area contributed by atoms with Crippen LogP contribution in [0.2, 0.25) is 5.02 Å². The Labute approximate surface area is 224 Å². The van der Waals surface area contributed by atoms with E-state index in [1.807, 2.05) is 31.2 Å². The molecule has 0 bridgehead atoms. The molecule has 1 spiro atoms. The molecule has 0 saturated heterocycles. The molecule has 3 atom stereocenters. The van der Waals surface area contributed by atoms with E-state index < -0.39 is 23.1 Å². The van der Waals surface area contributed by atoms with Crippen molar-refractivity contribution in [3.8, 4) is 17.2 Å². The number of benzene rings is 2. The molecule has 0 radical (unpaired) electrons. The normalized spacial score (nSPS) is 21.5. The zero-order chi connectivity index (χ0) is 26.3. The number of halogens is 1. The summed E-state index contributed by atoms with van der Waals surface area (Å²) >= 11 is 8.23. The van der Waals surface area contributed by atoms with Gasteiger partial charge in [-0.25, -0.2) is 4.98 Å². The van der Waals surface area contributed by atoms with Crippen molar-refractivity contribution in [2.75, 3.05) is 26.2 Å². The third-order valence-corrected chi connectivity index (χ3v) is 8.02. The van der Waals surface area contributed by atoms with E-state index in [0.29, 0.717) is 12.2 Å². The van der Waals surface area contributed by atoms with Gasteiger partial charge in [0.15, 0.2) is 5.75 Å². The Morgan fingerprint density at radius 3 is 2.70 bits per heavy atom. The Kier molecular flexibility index (Phi) is 6.85. The minimum absolute atomic E-state index is 0.119. The van der Waals surface area contributed by atoms with Gasteiger partial charge in [0.05, 0.1) is 31.3 Å². The molecule has 10 heteroatoms. The first-order valence-corrected chi connectivity index (χ1v) is 13.7. The van der Waals surface area contributed by atoms with Crippen molar-refractivity contribution in [3.63, 3.8) is 0 Å². The molecule has 2 aliphatic rings. The molecule has 1 aromatic heterocycles. The highest BCUT2D eigenvalue weighted by atomic mass is 35.5. The fraction of sp³-hybridized carbons (Fsp3) is 0.370. The number of nitrogens with zero attached hydrogens (tertiary/aromatic N) is 1. The molecule has 5 rings (SSSR count). The van der Waals surface area contributed by atoms with Crippen LogP contribution >= 0.6 is 23.4 Å². The van der Waals surface area contributed by atoms with Gasteiger partial charge in [-0.05, 0) is 37.0 Å². The number of para-hydroxylation sites is 2. The zero-order valence-electron chi connectivity index (χ0n) is 21.0. The lowest BCUT2D eigenvalue weighted by atomic mass is 9.74. The Bertz CT molecular complexity index is 1390. The SMILES string of the molecule is COc1cc(OC)c2c(c1Cl)O[C@@]1(C(=O)C=C(N[C@@H](CCSC)c3nc4ccccc4[nH]3)C[C@H]1C)C2=O. The van der Waals surface area contributed by atoms with Crippen LogP contribution in [0, 0.1) is 5.92 Å². The van der Waals surface area contributed by atoms with E-state index in [4.69, 9.17) is 30.8 Å². The molecule has 0 fully saturated rings. The highest BCUT2D eigenvalue weighted by molar-refractivity contribution is 7.98. The van der Waals surface area contributed by atoms with Gasteiger partial charge in [-0.15, -0.1) is 0 Å². The number of fused-ring (bicyclic) bond motifs is 2. The van der Waals surface area contributed by atoms with Crippen LogP contribution in [0.5, 0.6) is 17.2 Å². The number of ether oxygens (including phenoxy) is 3. The van der Waals surface area contributed by atoms with E-state index in [9.17, 15) is 9.59 Å². The van der Waals surface area contributed by atoms with Gasteiger partial charge in [0.1, 0.15) is 27.9 Å². The molecule has 2 heterocycles. The molecule has 194 valence electrons. The molecule has 0 amide bonds. The number of allylic oxidation sites excluding steroid dienone is 1. The van der Waals surface area contributed by atoms with Crippen LogP contribution in [0.25, 0.3) is 11.0 Å². The number of aromatic nitrogens is 2. The number of imidazole rings is 1. The van der Waals surface area contributed by atoms with Crippen LogP contribution in [0.3, 0.4) is 0 Å². The van der Waals surface area contributed by atoms with Crippen LogP contribution in [0.15, 0.2) is 42.1 Å². The molecule has 3 aromatic rings. The first-order valence-electron chi connectivity index (χ1n) is 12.0. The maximum absolute atomic E-state index is 13.7. The van der Waals surface area contributed by atoms with E-state index in [-0.39, 0.29) is 28.1 Å². The number of methoxy groups -OCH3 is 2. The van der Waals surface area contributed by atoms with Crippen LogP contribution in [0.4, 0.5) is 0 Å². The first kappa shape index (κ1) is 25.5. The van der Waals surface area contributed by atoms with Gasteiger partial charge in [0.25, 0.3) is 0 Å². The summed E-state index contributed by atoms with van der Waals surface area (Å²) in [5, 5.41) is 3.66. The van der Waals surface area contributed by atoms with Gasteiger partial charge in [-0.1, -0.05) is 30.7 Å². The van der Waals surface area contributed by atoms with E-state index in [1.54, 1.807) is 11.8 Å². The molecule has 1 aliphatic carbocycles. The number of carbonyl (C=O) groups excluding carboxylic acids is 2. The fourth-order valence-corrected chi connectivity index (χ4v) is 5.84. The topological polar surface area (TPSA) is 103 Å². The van der Waals surface area contributed by atoms with Crippen molar-refractivity contribution in [3.05, 3.63) is 58.5 Å². The predicted molar refractivity (Wildman–Crippen MR) is 144 cm³/mol. The van der Waals surface area contributed by atoms with Crippen molar-refractivity contribution in [1.29, 1.82) is 0 Å². The highest BCUT2D eigenvalue weighted by Crippen LogP contribution is 2.53. The number of carbonyl (C=O) groups is 2. The van der Waals surface area contributed by atoms with Crippen molar-refractivity contribution >= 4 is 46.0 Å². The largest absolute Gasteiger partial charge is 0.496 e. The monoisotopic (exact) mass is 541 g/mol. The van der Waals surface area contributed by atoms with Gasteiger partial charge >= 0.3 is 0 Å². The summed E-state index contributed by atoms with van der Waals surface area (Å²) in [6.07, 6.45) is 4.77. The quantitative estimate of drug-likeness (QED) is 0.379. The maximum atomic E-state index is 13.7. The third kappa shape index (κ3) is 4.14. The molecule has 0 saturated carbocycles. The van der Waals surface area contributed by atoms with Gasteiger partial charge in [0, 0.05) is 23.8 Å². The minimum Gasteiger partial charge on any atom is -0.496 e. The Morgan fingerprint density at radius 1 is 1.27 bits per heavy atom. The number of ketones is 2. The lowest BCUT2D eigenvalue weighted by Crippen LogP contribution is -2.55. The summed E-state index contributed by atoms with van der Waals surface area (Å²) in [6, 6.07) is 9.27. The molecule has 2 N–H and O–H groups in total. The number of Topliss-reactive ketones (excluding diaryl/α,β-unsaturated/α-hetero) is 1. The number of rotatable bonds is 8. The average Bonchev–Trinajstić information content (AvgIpc) is 3.46. The second-order valence-electron chi connectivity index (χ2n) is 9.22. The van der Waals surface area contributed by atoms with Crippen molar-refractivity contribution in [1.82, 2.24) is 15.3 Å². The summed E-state index contributed by atoms with van der Waals surface area (Å²) in [5.74, 6) is 1.05. The molecular weight excluding hydrogens is 514 g/mol. The van der Waals surface area contributed by atoms with Gasteiger partial charge in [-0.2, -0.15) is 11.8 Å². The zero-order valence-corrected chi connectivity index (χ0v) is 22.6. The van der Waals surface area contributed by atoms with Crippen molar-refractivity contribution in [2.45, 2.75) is 31.4 Å². The molecule has 8 nitrogen and oxygen atoms in total. The Morgan fingerprint density at radius 2 is 2.03 bits per heavy atom. The maximum Gasteiger partial charge on any atom is 0.236 e. The van der Waals surface area contributed by atoms with Crippen LogP contribution in [-0.2, 0) is 4.79 Å². The van der Waals surface area contributed by atoms with E-state index in [2.05, 4.69) is 16.6 Å². The summed E-state index contributed by atoms with van der Waals surface area (Å²) < 4.78 is 16.9. The summed E-state index contributed by atoms with van der Waals surface area (Å²) in [5.41, 5.74) is 1.04. The molecule has 37 heavy (non-hydrogen) atoms. The number of aromatic amines is 1. The second-order valence-corrected chi connectivity index (χ2v) is 10.6. The summed E-state index contributed by atoms with van der Waals surface area (Å²) in [7, 11) is 2.91. The lowest BCUT2D eigenvalue weighted by molar-refractivity contribution is -0.129. The second kappa shape index (κ2) is 9.95. The van der Waals surface area contributed by atoms with Gasteiger partial charge in [-0.3, -0.25) is 9.59 Å². The standard InChI is InChI=1S/C27H28ClN3O5S/c1-14-11-15(29-18(9-10-37-4)26-30-16-7-5-6-8-17(16)31-26)12-21(32)27(14)25(33)22-19(34-2)13-20(35-3)23(28)24(22)36-27/h5-8,12-14,18,29H,9-11H2,1-4H3,(H,30,31)/t14-,18+,27+/m1/s1. The Hall–Kier alpha value is -3.17. The number of hydrogen-bond acceptors (Lipinski definition) is 8. The highest BCUT2D eigenvalue weighted by Gasteiger charge is 2.60. The lowest BCUT2D eigenvalue weighted by Gasteiger charge is -2.36. The molecule has 1 aliphatic heterocycles. The van der Waals surface area contributed by atoms with Crippen LogP contribution in [0.1, 0.15) is 42.0 Å². The van der Waals surface area contributed by atoms with Gasteiger partial charge < -0.3 is 24.5 Å². The number of H-pyrrole nitrogens is 1. The smallest absolute Gasteiger partial charge is 0.236 e. The minimum atomic E-state index is -1.70. The van der Waals surface area contributed by atoms with E-state index in [1.165, 1.54) is 26.4 Å². The number of nitrogens with one attached hydrogen (secondary N) is 2. The molecule has 2 aromatic carbocycles. The Balaban J connectivity index is 1.47. The van der Waals surface area contributed by atoms with E-state index in [0.717, 1.165) is 34.7 Å². The van der Waals surface area contributed by atoms with Gasteiger partial charge in [0.2, 0.25) is 17.2 Å². The van der Waals surface area contributed by atoms with Crippen molar-refractivity contribution in [2.24, 2.45) is 5.92 Å². The van der Waals surface area contributed by atoms with E-state index >= 15 is 0 Å². The molecule has 0 unspecified atom stereocenters. The average molecular weight is 542 g/mol. The number of thioether (sulfide) groups is 1. The predicted octanol–water partition coefficient (Wildman–Crippen LogP) is 5.12. The molecular formula is C27H28ClN3O5S.